The minimum Gasteiger partial charge on any atom is -0.335 e. The number of benzene rings is 1. The summed E-state index contributed by atoms with van der Waals surface area (Å²) in [7, 11) is 1.96. The van der Waals surface area contributed by atoms with E-state index in [4.69, 9.17) is 0 Å². The lowest BCUT2D eigenvalue weighted by Gasteiger charge is -2.30. The topological polar surface area (TPSA) is 38.1 Å². The highest BCUT2D eigenvalue weighted by molar-refractivity contribution is 5.77. The molecular formula is C21H29N3O. The van der Waals surface area contributed by atoms with Gasteiger partial charge >= 0.3 is 0 Å². The van der Waals surface area contributed by atoms with Crippen LogP contribution in [0, 0.1) is 19.8 Å². The van der Waals surface area contributed by atoms with Gasteiger partial charge in [0.2, 0.25) is 5.91 Å². The number of carbonyl (C=O) groups excluding carboxylic acids is 1. The second-order valence-electron chi connectivity index (χ2n) is 7.36. The first kappa shape index (κ1) is 17.7. The monoisotopic (exact) mass is 339 g/mol. The van der Waals surface area contributed by atoms with E-state index in [1.807, 2.05) is 36.9 Å². The fourth-order valence-corrected chi connectivity index (χ4v) is 3.63. The molecule has 3 rings (SSSR count). The van der Waals surface area contributed by atoms with E-state index in [-0.39, 0.29) is 5.91 Å². The highest BCUT2D eigenvalue weighted by atomic mass is 16.2. The van der Waals surface area contributed by atoms with E-state index in [1.165, 1.54) is 24.0 Å². The Bertz CT molecular complexity index is 731. The van der Waals surface area contributed by atoms with Gasteiger partial charge in [0, 0.05) is 31.7 Å². The van der Waals surface area contributed by atoms with Crippen LogP contribution in [0.1, 0.15) is 48.7 Å². The Morgan fingerprint density at radius 3 is 2.52 bits per heavy atom. The summed E-state index contributed by atoms with van der Waals surface area (Å²) in [6.45, 7) is 7.02. The van der Waals surface area contributed by atoms with Gasteiger partial charge in [0.25, 0.3) is 0 Å². The predicted octanol–water partition coefficient (Wildman–Crippen LogP) is 3.80. The van der Waals surface area contributed by atoms with Gasteiger partial charge < -0.3 is 4.90 Å². The molecule has 0 bridgehead atoms. The van der Waals surface area contributed by atoms with Crippen molar-refractivity contribution in [3.05, 3.63) is 52.8 Å². The maximum absolute atomic E-state index is 13.0. The molecule has 0 saturated heterocycles. The van der Waals surface area contributed by atoms with E-state index in [9.17, 15) is 4.79 Å². The zero-order valence-electron chi connectivity index (χ0n) is 15.8. The van der Waals surface area contributed by atoms with Crippen LogP contribution in [0.5, 0.6) is 0 Å². The van der Waals surface area contributed by atoms with E-state index in [2.05, 4.69) is 36.0 Å². The minimum absolute atomic E-state index is 0.255. The minimum atomic E-state index is 0.255. The van der Waals surface area contributed by atoms with Crippen LogP contribution < -0.4 is 0 Å². The Hall–Kier alpha value is -2.10. The van der Waals surface area contributed by atoms with Gasteiger partial charge in [0.15, 0.2) is 0 Å². The molecule has 1 aromatic heterocycles. The third-order valence-corrected chi connectivity index (χ3v) is 5.56. The molecule has 1 fully saturated rings. The van der Waals surface area contributed by atoms with Crippen molar-refractivity contribution in [2.24, 2.45) is 13.0 Å². The molecule has 1 aliphatic rings. The highest BCUT2D eigenvalue weighted by Crippen LogP contribution is 2.36. The second-order valence-corrected chi connectivity index (χ2v) is 7.36. The molecule has 1 amide bonds. The fourth-order valence-electron chi connectivity index (χ4n) is 3.63. The van der Waals surface area contributed by atoms with Gasteiger partial charge in [0.05, 0.1) is 5.69 Å². The van der Waals surface area contributed by atoms with E-state index in [1.54, 1.807) is 0 Å². The van der Waals surface area contributed by atoms with Gasteiger partial charge in [-0.2, -0.15) is 5.10 Å². The molecule has 134 valence electrons. The zero-order valence-corrected chi connectivity index (χ0v) is 15.8. The van der Waals surface area contributed by atoms with Gasteiger partial charge in [-0.05, 0) is 57.1 Å². The first-order chi connectivity index (χ1) is 12.0. The molecule has 0 aliphatic heterocycles. The number of aromatic nitrogens is 2. The van der Waals surface area contributed by atoms with Crippen molar-refractivity contribution in [3.8, 4) is 0 Å². The molecule has 4 nitrogen and oxygen atoms in total. The van der Waals surface area contributed by atoms with Crippen molar-refractivity contribution in [2.45, 2.75) is 59.0 Å². The number of amides is 1. The summed E-state index contributed by atoms with van der Waals surface area (Å²) in [5, 5.41) is 4.47. The molecule has 0 spiro atoms. The lowest BCUT2D eigenvalue weighted by molar-refractivity contribution is -0.134. The molecule has 25 heavy (non-hydrogen) atoms. The average molecular weight is 339 g/mol. The molecule has 0 N–H and O–H groups in total. The largest absolute Gasteiger partial charge is 0.335 e. The van der Waals surface area contributed by atoms with Crippen LogP contribution >= 0.6 is 0 Å². The van der Waals surface area contributed by atoms with Crippen molar-refractivity contribution < 1.29 is 4.79 Å². The molecule has 0 radical (unpaired) electrons. The molecule has 1 saturated carbocycles. The lowest BCUT2D eigenvalue weighted by atomic mass is 10.1. The predicted molar refractivity (Wildman–Crippen MR) is 100 cm³/mol. The van der Waals surface area contributed by atoms with Crippen molar-refractivity contribution in [3.63, 3.8) is 0 Å². The zero-order chi connectivity index (χ0) is 18.0. The number of hydrogen-bond donors (Lipinski definition) is 0. The third kappa shape index (κ3) is 4.12. The maximum atomic E-state index is 13.0. The molecular weight excluding hydrogens is 310 g/mol. The Morgan fingerprint density at radius 1 is 1.28 bits per heavy atom. The molecule has 1 aromatic carbocycles. The Morgan fingerprint density at radius 2 is 1.96 bits per heavy atom. The van der Waals surface area contributed by atoms with Crippen LogP contribution in [-0.4, -0.2) is 26.6 Å². The number of rotatable bonds is 7. The standard InChI is InChI=1S/C21H29N3O/c1-15-20(17(3)23(4)22-15)12-13-21(25)24(16(2)19-10-11-19)14-18-8-6-5-7-9-18/h5-9,16,19H,10-14H2,1-4H3. The SMILES string of the molecule is Cc1nn(C)c(C)c1CCC(=O)N(Cc1ccccc1)C(C)C1CC1. The van der Waals surface area contributed by atoms with Gasteiger partial charge in [0.1, 0.15) is 0 Å². The van der Waals surface area contributed by atoms with Gasteiger partial charge in [-0.1, -0.05) is 30.3 Å². The van der Waals surface area contributed by atoms with Crippen molar-refractivity contribution >= 4 is 5.91 Å². The lowest BCUT2D eigenvalue weighted by Crippen LogP contribution is -2.39. The molecule has 1 aliphatic carbocycles. The van der Waals surface area contributed by atoms with Crippen LogP contribution in [0.15, 0.2) is 30.3 Å². The quantitative estimate of drug-likeness (QED) is 0.769. The van der Waals surface area contributed by atoms with Gasteiger partial charge in [-0.3, -0.25) is 9.48 Å². The maximum Gasteiger partial charge on any atom is 0.223 e. The molecule has 1 heterocycles. The van der Waals surface area contributed by atoms with Gasteiger partial charge in [-0.25, -0.2) is 0 Å². The van der Waals surface area contributed by atoms with Crippen LogP contribution in [0.3, 0.4) is 0 Å². The van der Waals surface area contributed by atoms with Crippen molar-refractivity contribution in [2.75, 3.05) is 0 Å². The smallest absolute Gasteiger partial charge is 0.223 e. The van der Waals surface area contributed by atoms with E-state index in [0.29, 0.717) is 24.9 Å². The van der Waals surface area contributed by atoms with Crippen LogP contribution in [0.25, 0.3) is 0 Å². The summed E-state index contributed by atoms with van der Waals surface area (Å²) in [6.07, 6.45) is 3.82. The van der Waals surface area contributed by atoms with Crippen LogP contribution in [-0.2, 0) is 24.8 Å². The van der Waals surface area contributed by atoms with Crippen LogP contribution in [0.4, 0.5) is 0 Å². The number of hydrogen-bond acceptors (Lipinski definition) is 2. The third-order valence-electron chi connectivity index (χ3n) is 5.56. The summed E-state index contributed by atoms with van der Waals surface area (Å²) in [5.74, 6) is 0.931. The number of nitrogens with zero attached hydrogens (tertiary/aromatic N) is 3. The first-order valence-corrected chi connectivity index (χ1v) is 9.30. The Labute approximate surface area is 150 Å². The van der Waals surface area contributed by atoms with E-state index in [0.717, 1.165) is 17.8 Å². The van der Waals surface area contributed by atoms with Crippen molar-refractivity contribution in [1.82, 2.24) is 14.7 Å². The summed E-state index contributed by atoms with van der Waals surface area (Å²) in [5.41, 5.74) is 4.62. The summed E-state index contributed by atoms with van der Waals surface area (Å²) in [6, 6.07) is 10.6. The highest BCUT2D eigenvalue weighted by Gasteiger charge is 2.34. The molecule has 1 unspecified atom stereocenters. The summed E-state index contributed by atoms with van der Waals surface area (Å²) < 4.78 is 1.91. The van der Waals surface area contributed by atoms with E-state index < -0.39 is 0 Å². The van der Waals surface area contributed by atoms with Crippen molar-refractivity contribution in [1.29, 1.82) is 0 Å². The van der Waals surface area contributed by atoms with E-state index >= 15 is 0 Å². The second kappa shape index (κ2) is 7.42. The normalized spacial score (nSPS) is 15.2. The number of aryl methyl sites for hydroxylation is 2. The van der Waals surface area contributed by atoms with Gasteiger partial charge in [-0.15, -0.1) is 0 Å². The molecule has 1 atom stereocenters. The summed E-state index contributed by atoms with van der Waals surface area (Å²) in [4.78, 5) is 15.1. The average Bonchev–Trinajstić information content (AvgIpc) is 3.41. The Kier molecular flexibility index (Phi) is 5.26. The Balaban J connectivity index is 1.70. The molecule has 2 aromatic rings. The van der Waals surface area contributed by atoms with Crippen LogP contribution in [0.2, 0.25) is 0 Å². The molecule has 4 heteroatoms. The fraction of sp³-hybridized carbons (Fsp3) is 0.524. The number of carbonyl (C=O) groups is 1. The summed E-state index contributed by atoms with van der Waals surface area (Å²) >= 11 is 0. The first-order valence-electron chi connectivity index (χ1n) is 9.30.